The molecule has 0 saturated heterocycles. The van der Waals surface area contributed by atoms with Crippen molar-refractivity contribution in [2.45, 2.75) is 6.32 Å². The molecule has 3 heteroatoms. The molecule has 0 aliphatic rings. The molecule has 0 aromatic heterocycles. The molecular weight excluding hydrogens is 141 g/mol. The molecule has 0 heterocycles. The van der Waals surface area contributed by atoms with Crippen molar-refractivity contribution in [1.29, 1.82) is 0 Å². The van der Waals surface area contributed by atoms with Crippen molar-refractivity contribution in [2.75, 3.05) is 0 Å². The Labute approximate surface area is 68.4 Å². The van der Waals surface area contributed by atoms with Crippen LogP contribution in [0.15, 0.2) is 18.2 Å². The zero-order chi connectivity index (χ0) is 7.56. The van der Waals surface area contributed by atoms with Crippen LogP contribution >= 0.6 is 11.6 Å². The van der Waals surface area contributed by atoms with Crippen LogP contribution in [0.2, 0.25) is 5.02 Å². The van der Waals surface area contributed by atoms with Crippen LogP contribution in [-0.2, 0) is 6.32 Å². The first kappa shape index (κ1) is 7.74. The Morgan fingerprint density at radius 3 is 2.60 bits per heavy atom. The Morgan fingerprint density at radius 1 is 1.40 bits per heavy atom. The second kappa shape index (κ2) is 3.16. The fourth-order valence-corrected chi connectivity index (χ4v) is 0.946. The molecule has 0 N–H and O–H groups in total. The molecule has 4 radical (unpaired) electrons. The van der Waals surface area contributed by atoms with Crippen LogP contribution in [-0.4, -0.2) is 15.7 Å². The van der Waals surface area contributed by atoms with Crippen LogP contribution in [0, 0.1) is 0 Å². The summed E-state index contributed by atoms with van der Waals surface area (Å²) in [6, 6.07) is 5.28. The van der Waals surface area contributed by atoms with Gasteiger partial charge < -0.3 is 0 Å². The second-order valence-electron chi connectivity index (χ2n) is 2.05. The molecular formula is C7H5B2Cl. The molecule has 10 heavy (non-hydrogen) atoms. The van der Waals surface area contributed by atoms with Gasteiger partial charge in [0.1, 0.15) is 7.85 Å². The predicted molar refractivity (Wildman–Crippen MR) is 46.3 cm³/mol. The van der Waals surface area contributed by atoms with Gasteiger partial charge in [0.25, 0.3) is 0 Å². The zero-order valence-electron chi connectivity index (χ0n) is 5.47. The SMILES string of the molecule is [B]Cc1cc(Cl)ccc1[B]. The van der Waals surface area contributed by atoms with Gasteiger partial charge in [-0.3, -0.25) is 0 Å². The molecule has 0 spiro atoms. The van der Waals surface area contributed by atoms with Gasteiger partial charge >= 0.3 is 0 Å². The van der Waals surface area contributed by atoms with E-state index in [0.717, 1.165) is 5.56 Å². The Morgan fingerprint density at radius 2 is 2.10 bits per heavy atom. The topological polar surface area (TPSA) is 0 Å². The molecule has 0 saturated carbocycles. The minimum atomic E-state index is 0.437. The zero-order valence-corrected chi connectivity index (χ0v) is 6.23. The Balaban J connectivity index is 3.09. The summed E-state index contributed by atoms with van der Waals surface area (Å²) < 4.78 is 0. The highest BCUT2D eigenvalue weighted by Crippen LogP contribution is 2.07. The summed E-state index contributed by atoms with van der Waals surface area (Å²) in [5, 5.41) is 0.676. The average Bonchev–Trinajstić information content (AvgIpc) is 1.94. The molecule has 0 aliphatic heterocycles. The fourth-order valence-electron chi connectivity index (χ4n) is 0.751. The van der Waals surface area contributed by atoms with Crippen molar-refractivity contribution in [3.63, 3.8) is 0 Å². The first-order valence-corrected chi connectivity index (χ1v) is 3.36. The van der Waals surface area contributed by atoms with Crippen molar-refractivity contribution in [2.24, 2.45) is 0 Å². The van der Waals surface area contributed by atoms with E-state index in [2.05, 4.69) is 0 Å². The van der Waals surface area contributed by atoms with Gasteiger partial charge in [0, 0.05) is 5.02 Å². The van der Waals surface area contributed by atoms with Crippen molar-refractivity contribution < 1.29 is 0 Å². The fraction of sp³-hybridized carbons (Fsp3) is 0.143. The van der Waals surface area contributed by atoms with E-state index < -0.39 is 0 Å². The summed E-state index contributed by atoms with van der Waals surface area (Å²) in [4.78, 5) is 0. The average molecular weight is 146 g/mol. The minimum Gasteiger partial charge on any atom is -0.0942 e. The Bertz CT molecular complexity index is 235. The van der Waals surface area contributed by atoms with Crippen LogP contribution in [0.3, 0.4) is 0 Å². The molecule has 0 atom stereocenters. The lowest BCUT2D eigenvalue weighted by molar-refractivity contribution is 1.44. The van der Waals surface area contributed by atoms with E-state index in [4.69, 9.17) is 27.3 Å². The van der Waals surface area contributed by atoms with E-state index in [1.165, 1.54) is 0 Å². The summed E-state index contributed by atoms with van der Waals surface area (Å²) in [6.07, 6.45) is 0.437. The third kappa shape index (κ3) is 1.57. The molecule has 0 aliphatic carbocycles. The monoisotopic (exact) mass is 146 g/mol. The van der Waals surface area contributed by atoms with Gasteiger partial charge in [-0.05, 0) is 12.1 Å². The van der Waals surface area contributed by atoms with Crippen LogP contribution in [0.5, 0.6) is 0 Å². The summed E-state index contributed by atoms with van der Waals surface area (Å²) in [7, 11) is 10.9. The van der Waals surface area contributed by atoms with Crippen LogP contribution in [0.25, 0.3) is 0 Å². The largest absolute Gasteiger partial charge is 0.114 e. The third-order valence-corrected chi connectivity index (χ3v) is 1.56. The Hall–Kier alpha value is -0.360. The first-order chi connectivity index (χ1) is 4.74. The normalized spacial score (nSPS) is 9.70. The summed E-state index contributed by atoms with van der Waals surface area (Å²) in [5.41, 5.74) is 1.60. The van der Waals surface area contributed by atoms with Crippen LogP contribution in [0.1, 0.15) is 5.56 Å². The molecule has 1 rings (SSSR count). The van der Waals surface area contributed by atoms with Crippen LogP contribution in [0.4, 0.5) is 0 Å². The predicted octanol–water partition coefficient (Wildman–Crippen LogP) is 0.802. The highest BCUT2D eigenvalue weighted by Gasteiger charge is 1.94. The molecule has 1 aromatic carbocycles. The lowest BCUT2D eigenvalue weighted by Crippen LogP contribution is -2.09. The lowest BCUT2D eigenvalue weighted by Gasteiger charge is -2.01. The van der Waals surface area contributed by atoms with Crippen molar-refractivity contribution >= 4 is 32.8 Å². The minimum absolute atomic E-state index is 0.437. The third-order valence-electron chi connectivity index (χ3n) is 1.32. The van der Waals surface area contributed by atoms with E-state index in [9.17, 15) is 0 Å². The van der Waals surface area contributed by atoms with E-state index in [1.54, 1.807) is 18.2 Å². The second-order valence-corrected chi connectivity index (χ2v) is 2.48. The quantitative estimate of drug-likeness (QED) is 0.514. The molecule has 0 unspecified atom stereocenters. The highest BCUT2D eigenvalue weighted by atomic mass is 35.5. The molecule has 0 fully saturated rings. The van der Waals surface area contributed by atoms with E-state index in [0.29, 0.717) is 16.8 Å². The molecule has 1 aromatic rings. The molecule has 0 bridgehead atoms. The maximum atomic E-state index is 5.68. The van der Waals surface area contributed by atoms with Crippen molar-refractivity contribution in [3.8, 4) is 0 Å². The summed E-state index contributed by atoms with van der Waals surface area (Å²) in [6.45, 7) is 0. The molecule has 46 valence electrons. The van der Waals surface area contributed by atoms with Gasteiger partial charge in [-0.2, -0.15) is 0 Å². The smallest absolute Gasteiger partial charge is 0.0942 e. The Kier molecular flexibility index (Phi) is 2.44. The van der Waals surface area contributed by atoms with Crippen LogP contribution < -0.4 is 5.46 Å². The number of rotatable bonds is 1. The van der Waals surface area contributed by atoms with E-state index >= 15 is 0 Å². The van der Waals surface area contributed by atoms with Gasteiger partial charge in [-0.15, -0.1) is 0 Å². The van der Waals surface area contributed by atoms with Gasteiger partial charge in [-0.1, -0.05) is 35.0 Å². The van der Waals surface area contributed by atoms with Gasteiger partial charge in [0.15, 0.2) is 0 Å². The molecule has 0 amide bonds. The van der Waals surface area contributed by atoms with Gasteiger partial charge in [0.2, 0.25) is 0 Å². The first-order valence-electron chi connectivity index (χ1n) is 2.98. The van der Waals surface area contributed by atoms with Gasteiger partial charge in [-0.25, -0.2) is 0 Å². The maximum Gasteiger partial charge on any atom is 0.114 e. The number of halogens is 1. The van der Waals surface area contributed by atoms with Gasteiger partial charge in [0.05, 0.1) is 7.85 Å². The lowest BCUT2D eigenvalue weighted by atomic mass is 9.84. The summed E-state index contributed by atoms with van der Waals surface area (Å²) >= 11 is 5.68. The van der Waals surface area contributed by atoms with Crippen molar-refractivity contribution in [3.05, 3.63) is 28.8 Å². The highest BCUT2D eigenvalue weighted by molar-refractivity contribution is 6.35. The maximum absolute atomic E-state index is 5.68. The number of hydrogen-bond donors (Lipinski definition) is 0. The van der Waals surface area contributed by atoms with Crippen molar-refractivity contribution in [1.82, 2.24) is 0 Å². The number of hydrogen-bond acceptors (Lipinski definition) is 0. The summed E-state index contributed by atoms with van der Waals surface area (Å²) in [5.74, 6) is 0. The van der Waals surface area contributed by atoms with E-state index in [1.807, 2.05) is 0 Å². The molecule has 0 nitrogen and oxygen atoms in total. The van der Waals surface area contributed by atoms with E-state index in [-0.39, 0.29) is 0 Å². The standard InChI is InChI=1S/C7H5B2Cl/c8-4-5-3-6(10)1-2-7(5)9/h1-3H,4H2. The number of benzene rings is 1.